The molecule has 10 rings (SSSR count). The monoisotopic (exact) mass is 667 g/mol. The molecular weight excluding hydrogens is 635 g/mol. The van der Waals surface area contributed by atoms with Gasteiger partial charge in [0.25, 0.3) is 0 Å². The normalized spacial score (nSPS) is 11.6. The fourth-order valence-electron chi connectivity index (χ4n) is 7.72. The molecule has 0 aliphatic heterocycles. The lowest BCUT2D eigenvalue weighted by Gasteiger charge is -2.11. The van der Waals surface area contributed by atoms with Crippen molar-refractivity contribution in [1.29, 1.82) is 0 Å². The Kier molecular flexibility index (Phi) is 7.21. The number of aryl methyl sites for hydroxylation is 2. The second kappa shape index (κ2) is 12.5. The van der Waals surface area contributed by atoms with Gasteiger partial charge in [-0.15, -0.1) is 0 Å². The molecule has 0 unspecified atom stereocenters. The van der Waals surface area contributed by atoms with Gasteiger partial charge in [0.1, 0.15) is 0 Å². The number of aromatic nitrogens is 5. The van der Waals surface area contributed by atoms with Crippen molar-refractivity contribution in [2.24, 2.45) is 0 Å². The highest BCUT2D eigenvalue weighted by molar-refractivity contribution is 6.25. The molecule has 10 aromatic rings. The van der Waals surface area contributed by atoms with Gasteiger partial charge in [0.05, 0.1) is 16.6 Å². The van der Waals surface area contributed by atoms with Gasteiger partial charge in [0.15, 0.2) is 17.5 Å². The first kappa shape index (κ1) is 30.0. The van der Waals surface area contributed by atoms with Crippen LogP contribution in [0.2, 0.25) is 0 Å². The summed E-state index contributed by atoms with van der Waals surface area (Å²) < 4.78 is 4.93. The molecule has 3 aromatic heterocycles. The molecule has 0 N–H and O–H groups in total. The van der Waals surface area contributed by atoms with Crippen LogP contribution in [0.25, 0.3) is 83.5 Å². The molecule has 0 saturated carbocycles. The Morgan fingerprint density at radius 3 is 1.65 bits per heavy atom. The van der Waals surface area contributed by atoms with Gasteiger partial charge in [-0.05, 0) is 48.4 Å². The van der Waals surface area contributed by atoms with Gasteiger partial charge in [-0.3, -0.25) is 0 Å². The van der Waals surface area contributed by atoms with E-state index in [-0.39, 0.29) is 0 Å². The number of hydrogen-bond donors (Lipinski definition) is 0. The van der Waals surface area contributed by atoms with Crippen molar-refractivity contribution in [3.05, 3.63) is 181 Å². The largest absolute Gasteiger partial charge is 0.340 e. The van der Waals surface area contributed by atoms with Crippen LogP contribution in [0.15, 0.2) is 176 Å². The highest BCUT2D eigenvalue weighted by Crippen LogP contribution is 2.41. The van der Waals surface area contributed by atoms with Crippen LogP contribution in [0.1, 0.15) is 5.56 Å². The van der Waals surface area contributed by atoms with E-state index in [0.29, 0.717) is 17.5 Å². The third-order valence-electron chi connectivity index (χ3n) is 10.1. The molecular formula is C47H33N5. The van der Waals surface area contributed by atoms with Crippen molar-refractivity contribution < 1.29 is 0 Å². The van der Waals surface area contributed by atoms with E-state index in [9.17, 15) is 0 Å². The van der Waals surface area contributed by atoms with Crippen molar-refractivity contribution in [3.8, 4) is 39.9 Å². The lowest BCUT2D eigenvalue weighted by atomic mass is 10.1. The van der Waals surface area contributed by atoms with Crippen LogP contribution in [-0.2, 0) is 13.0 Å². The Bertz CT molecular complexity index is 2830. The van der Waals surface area contributed by atoms with Crippen molar-refractivity contribution >= 4 is 43.6 Å². The van der Waals surface area contributed by atoms with E-state index in [2.05, 4.69) is 124 Å². The minimum absolute atomic E-state index is 0.666. The maximum Gasteiger partial charge on any atom is 0.164 e. The Morgan fingerprint density at radius 2 is 0.962 bits per heavy atom. The highest BCUT2D eigenvalue weighted by atomic mass is 15.0. The minimum Gasteiger partial charge on any atom is -0.340 e. The molecule has 0 aliphatic rings. The summed E-state index contributed by atoms with van der Waals surface area (Å²) in [5, 5.41) is 5.09. The summed E-state index contributed by atoms with van der Waals surface area (Å²) in [4.78, 5) is 14.8. The molecule has 246 valence electrons. The smallest absolute Gasteiger partial charge is 0.164 e. The summed E-state index contributed by atoms with van der Waals surface area (Å²) in [5.41, 5.74) is 10.2. The lowest BCUT2D eigenvalue weighted by molar-refractivity contribution is 0.745. The number of nitrogens with zero attached hydrogens (tertiary/aromatic N) is 5. The Morgan fingerprint density at radius 1 is 0.404 bits per heavy atom. The number of para-hydroxylation sites is 3. The average Bonchev–Trinajstić information content (AvgIpc) is 3.73. The molecule has 0 aliphatic carbocycles. The molecule has 0 amide bonds. The van der Waals surface area contributed by atoms with Gasteiger partial charge in [0.2, 0.25) is 0 Å². The third kappa shape index (κ3) is 5.05. The van der Waals surface area contributed by atoms with Gasteiger partial charge in [0, 0.05) is 56.0 Å². The molecule has 0 radical (unpaired) electrons. The van der Waals surface area contributed by atoms with Crippen LogP contribution in [0.5, 0.6) is 0 Å². The molecule has 0 spiro atoms. The van der Waals surface area contributed by atoms with Gasteiger partial charge < -0.3 is 9.13 Å². The topological polar surface area (TPSA) is 48.5 Å². The van der Waals surface area contributed by atoms with Crippen LogP contribution in [0.4, 0.5) is 0 Å². The fourth-order valence-corrected chi connectivity index (χ4v) is 7.72. The number of benzene rings is 7. The minimum atomic E-state index is 0.666. The predicted octanol–water partition coefficient (Wildman–Crippen LogP) is 11.3. The molecule has 5 nitrogen and oxygen atoms in total. The molecule has 52 heavy (non-hydrogen) atoms. The van der Waals surface area contributed by atoms with Crippen LogP contribution in [0.3, 0.4) is 0 Å². The predicted molar refractivity (Wildman–Crippen MR) is 214 cm³/mol. The van der Waals surface area contributed by atoms with E-state index in [1.807, 2.05) is 60.7 Å². The van der Waals surface area contributed by atoms with E-state index >= 15 is 0 Å². The fraction of sp³-hybridized carbons (Fsp3) is 0.0426. The third-order valence-corrected chi connectivity index (χ3v) is 10.1. The molecule has 0 fully saturated rings. The first-order valence-corrected chi connectivity index (χ1v) is 17.7. The van der Waals surface area contributed by atoms with Gasteiger partial charge >= 0.3 is 0 Å². The van der Waals surface area contributed by atoms with Crippen LogP contribution >= 0.6 is 0 Å². The summed E-state index contributed by atoms with van der Waals surface area (Å²) in [5.74, 6) is 2.00. The maximum absolute atomic E-state index is 4.98. The van der Waals surface area contributed by atoms with Crippen molar-refractivity contribution in [1.82, 2.24) is 24.1 Å². The zero-order valence-electron chi connectivity index (χ0n) is 28.4. The van der Waals surface area contributed by atoms with E-state index in [0.717, 1.165) is 29.7 Å². The number of fused-ring (bicyclic) bond motifs is 7. The maximum atomic E-state index is 4.98. The Hall–Kier alpha value is -6.85. The van der Waals surface area contributed by atoms with Gasteiger partial charge in [-0.2, -0.15) is 0 Å². The van der Waals surface area contributed by atoms with E-state index < -0.39 is 0 Å². The van der Waals surface area contributed by atoms with Crippen LogP contribution < -0.4 is 0 Å². The first-order chi connectivity index (χ1) is 25.8. The molecule has 5 heteroatoms. The van der Waals surface area contributed by atoms with Crippen molar-refractivity contribution in [2.45, 2.75) is 13.0 Å². The summed E-state index contributed by atoms with van der Waals surface area (Å²) in [6, 6.07) is 61.9. The summed E-state index contributed by atoms with van der Waals surface area (Å²) in [6.45, 7) is 0.826. The van der Waals surface area contributed by atoms with Crippen LogP contribution in [0, 0.1) is 0 Å². The Labute approximate surface area is 301 Å². The van der Waals surface area contributed by atoms with Crippen molar-refractivity contribution in [3.63, 3.8) is 0 Å². The molecule has 3 heterocycles. The van der Waals surface area contributed by atoms with Gasteiger partial charge in [-0.25, -0.2) is 15.0 Å². The SMILES string of the molecule is c1ccc(-c2nc(-c3ccccc3)nc(-c3cccc(CCn4c5ccccc5c5c4ccc4c6ccccc6n(-c6ccccc6)c45)c3)n2)cc1. The quantitative estimate of drug-likeness (QED) is 0.170. The summed E-state index contributed by atoms with van der Waals surface area (Å²) in [6.07, 6.45) is 0.851. The lowest BCUT2D eigenvalue weighted by Crippen LogP contribution is -2.02. The Balaban J connectivity index is 1.08. The molecule has 0 bridgehead atoms. The molecule has 7 aromatic carbocycles. The van der Waals surface area contributed by atoms with Gasteiger partial charge in [-0.1, -0.05) is 140 Å². The summed E-state index contributed by atoms with van der Waals surface area (Å²) >= 11 is 0. The van der Waals surface area contributed by atoms with E-state index in [1.54, 1.807) is 0 Å². The second-order valence-electron chi connectivity index (χ2n) is 13.2. The number of hydrogen-bond acceptors (Lipinski definition) is 3. The zero-order valence-corrected chi connectivity index (χ0v) is 28.4. The van der Waals surface area contributed by atoms with Crippen molar-refractivity contribution in [2.75, 3.05) is 0 Å². The van der Waals surface area contributed by atoms with E-state index in [1.165, 1.54) is 54.9 Å². The van der Waals surface area contributed by atoms with Crippen LogP contribution in [-0.4, -0.2) is 24.1 Å². The van der Waals surface area contributed by atoms with E-state index in [4.69, 9.17) is 15.0 Å². The summed E-state index contributed by atoms with van der Waals surface area (Å²) in [7, 11) is 0. The molecule has 0 saturated heterocycles. The number of rotatable bonds is 7. The second-order valence-corrected chi connectivity index (χ2v) is 13.2. The zero-order chi connectivity index (χ0) is 34.4. The standard InChI is InChI=1S/C47H33N5/c1-4-16-33(17-5-1)45-48-46(34-18-6-2-7-19-34)50-47(49-45)35-20-14-15-32(31-35)29-30-51-40-25-12-11-24-39(40)43-42(51)28-27-38-37-23-10-13-26-41(37)52(44(38)43)36-21-8-3-9-22-36/h1-28,31H,29-30H2. The highest BCUT2D eigenvalue weighted by Gasteiger charge is 2.20. The average molecular weight is 668 g/mol. The first-order valence-electron chi connectivity index (χ1n) is 17.7. The molecule has 0 atom stereocenters.